The third kappa shape index (κ3) is 5.71. The van der Waals surface area contributed by atoms with Crippen molar-refractivity contribution >= 4 is 28.7 Å². The van der Waals surface area contributed by atoms with Gasteiger partial charge in [-0.2, -0.15) is 0 Å². The molecular formula is C25H28N2O6. The van der Waals surface area contributed by atoms with Crippen LogP contribution in [-0.4, -0.2) is 36.9 Å². The van der Waals surface area contributed by atoms with Gasteiger partial charge in [0, 0.05) is 48.8 Å². The van der Waals surface area contributed by atoms with Crippen molar-refractivity contribution in [3.05, 3.63) is 75.1 Å². The number of amides is 1. The zero-order valence-corrected chi connectivity index (χ0v) is 19.0. The van der Waals surface area contributed by atoms with Crippen molar-refractivity contribution in [2.75, 3.05) is 24.6 Å². The normalized spacial score (nSPS) is 10.8. The average Bonchev–Trinajstić information content (AvgIpc) is 2.80. The van der Waals surface area contributed by atoms with E-state index in [1.807, 2.05) is 25.1 Å². The highest BCUT2D eigenvalue weighted by Crippen LogP contribution is 2.25. The van der Waals surface area contributed by atoms with Crippen LogP contribution in [0.4, 0.5) is 10.5 Å². The third-order valence-corrected chi connectivity index (χ3v) is 5.60. The molecule has 2 N–H and O–H groups in total. The first-order chi connectivity index (χ1) is 15.8. The molecule has 0 saturated carbocycles. The molecule has 1 aromatic heterocycles. The van der Waals surface area contributed by atoms with Gasteiger partial charge in [0.25, 0.3) is 0 Å². The molecule has 8 nitrogen and oxygen atoms in total. The van der Waals surface area contributed by atoms with Crippen LogP contribution in [0.3, 0.4) is 0 Å². The highest BCUT2D eigenvalue weighted by molar-refractivity contribution is 5.87. The quantitative estimate of drug-likeness (QED) is 0.470. The van der Waals surface area contributed by atoms with Crippen molar-refractivity contribution in [2.24, 2.45) is 0 Å². The molecule has 0 radical (unpaired) electrons. The van der Waals surface area contributed by atoms with E-state index < -0.39 is 17.7 Å². The van der Waals surface area contributed by atoms with E-state index in [9.17, 15) is 14.4 Å². The Labute approximate surface area is 191 Å². The van der Waals surface area contributed by atoms with E-state index in [-0.39, 0.29) is 25.1 Å². The Bertz CT molecular complexity index is 1210. The number of benzene rings is 2. The van der Waals surface area contributed by atoms with Crippen molar-refractivity contribution < 1.29 is 23.8 Å². The number of carboxylic acids is 1. The van der Waals surface area contributed by atoms with Gasteiger partial charge in [-0.3, -0.25) is 0 Å². The Kier molecular flexibility index (Phi) is 7.71. The summed E-state index contributed by atoms with van der Waals surface area (Å²) in [6.45, 7) is 7.85. The molecule has 0 aliphatic rings. The molecule has 2 aromatic carbocycles. The topological polar surface area (TPSA) is 109 Å². The minimum absolute atomic E-state index is 0.00956. The number of aromatic carboxylic acids is 1. The number of anilines is 1. The Morgan fingerprint density at radius 1 is 1.12 bits per heavy atom. The lowest BCUT2D eigenvalue weighted by Gasteiger charge is -2.21. The predicted octanol–water partition coefficient (Wildman–Crippen LogP) is 4.11. The highest BCUT2D eigenvalue weighted by Gasteiger charge is 2.14. The molecule has 0 aliphatic carbocycles. The van der Waals surface area contributed by atoms with E-state index >= 15 is 0 Å². The number of hydrogen-bond acceptors (Lipinski definition) is 6. The van der Waals surface area contributed by atoms with Gasteiger partial charge in [-0.25, -0.2) is 14.4 Å². The summed E-state index contributed by atoms with van der Waals surface area (Å²) >= 11 is 0. The highest BCUT2D eigenvalue weighted by atomic mass is 16.5. The van der Waals surface area contributed by atoms with Gasteiger partial charge in [0.1, 0.15) is 5.58 Å². The van der Waals surface area contributed by atoms with E-state index in [2.05, 4.69) is 24.1 Å². The van der Waals surface area contributed by atoms with Crippen molar-refractivity contribution in [3.63, 3.8) is 0 Å². The number of nitrogens with one attached hydrogen (secondary N) is 1. The molecule has 1 amide bonds. The lowest BCUT2D eigenvalue weighted by atomic mass is 10.0. The number of alkyl carbamates (subject to hydrolysis) is 1. The summed E-state index contributed by atoms with van der Waals surface area (Å²) in [5.41, 5.74) is 3.16. The standard InChI is InChI=1S/C25H28N2O6/c1-4-27(5-2)19-9-10-20-16(3)21(24(30)33-22(20)14-19)11-12-32-25(31)26-15-17-7-6-8-18(13-17)23(28)29/h6-10,13-14H,4-5,11-12,15H2,1-3H3,(H,26,31)(H,28,29). The molecule has 3 rings (SSSR count). The number of fused-ring (bicyclic) bond motifs is 1. The summed E-state index contributed by atoms with van der Waals surface area (Å²) in [6, 6.07) is 12.1. The van der Waals surface area contributed by atoms with Crippen molar-refractivity contribution in [3.8, 4) is 0 Å². The first-order valence-electron chi connectivity index (χ1n) is 10.9. The second-order valence-corrected chi connectivity index (χ2v) is 7.59. The van der Waals surface area contributed by atoms with Gasteiger partial charge >= 0.3 is 17.7 Å². The zero-order chi connectivity index (χ0) is 24.0. The third-order valence-electron chi connectivity index (χ3n) is 5.60. The molecule has 3 aromatic rings. The van der Waals surface area contributed by atoms with Gasteiger partial charge < -0.3 is 24.5 Å². The summed E-state index contributed by atoms with van der Waals surface area (Å²) in [6.07, 6.45) is -0.425. The first kappa shape index (κ1) is 23.8. The maximum atomic E-state index is 12.6. The van der Waals surface area contributed by atoms with Gasteiger partial charge in [-0.1, -0.05) is 12.1 Å². The van der Waals surface area contributed by atoms with E-state index in [0.29, 0.717) is 16.7 Å². The minimum atomic E-state index is -1.03. The molecule has 33 heavy (non-hydrogen) atoms. The molecule has 8 heteroatoms. The number of rotatable bonds is 9. The fourth-order valence-electron chi connectivity index (χ4n) is 3.74. The van der Waals surface area contributed by atoms with Gasteiger partial charge in [0.15, 0.2) is 0 Å². The van der Waals surface area contributed by atoms with Gasteiger partial charge in [0.05, 0.1) is 12.2 Å². The molecule has 0 aliphatic heterocycles. The molecule has 0 atom stereocenters. The Balaban J connectivity index is 1.62. The Hall–Kier alpha value is -3.81. The summed E-state index contributed by atoms with van der Waals surface area (Å²) in [4.78, 5) is 37.8. The zero-order valence-electron chi connectivity index (χ0n) is 19.0. The van der Waals surface area contributed by atoms with Crippen LogP contribution in [0.15, 0.2) is 51.7 Å². The van der Waals surface area contributed by atoms with Crippen molar-refractivity contribution in [1.29, 1.82) is 0 Å². The smallest absolute Gasteiger partial charge is 0.407 e. The van der Waals surface area contributed by atoms with Crippen LogP contribution in [0.25, 0.3) is 11.0 Å². The van der Waals surface area contributed by atoms with Gasteiger partial charge in [0.2, 0.25) is 0 Å². The number of carbonyl (C=O) groups is 2. The molecule has 0 fully saturated rings. The lowest BCUT2D eigenvalue weighted by Crippen LogP contribution is -2.25. The van der Waals surface area contributed by atoms with Crippen LogP contribution in [0, 0.1) is 6.92 Å². The summed E-state index contributed by atoms with van der Waals surface area (Å²) in [5.74, 6) is -1.03. The number of nitrogens with zero attached hydrogens (tertiary/aromatic N) is 1. The fraction of sp³-hybridized carbons (Fsp3) is 0.320. The second-order valence-electron chi connectivity index (χ2n) is 7.59. The molecule has 0 saturated heterocycles. The van der Waals surface area contributed by atoms with Crippen LogP contribution in [0.1, 0.15) is 40.9 Å². The molecule has 0 unspecified atom stereocenters. The fourth-order valence-corrected chi connectivity index (χ4v) is 3.74. The van der Waals surface area contributed by atoms with Crippen LogP contribution in [-0.2, 0) is 17.7 Å². The van der Waals surface area contributed by atoms with Crippen LogP contribution in [0.2, 0.25) is 0 Å². The molecule has 0 bridgehead atoms. The monoisotopic (exact) mass is 452 g/mol. The average molecular weight is 453 g/mol. The number of carbonyl (C=O) groups excluding carboxylic acids is 1. The molecule has 174 valence electrons. The first-order valence-corrected chi connectivity index (χ1v) is 10.9. The number of ether oxygens (including phenoxy) is 1. The molecule has 0 spiro atoms. The van der Waals surface area contributed by atoms with Crippen LogP contribution < -0.4 is 15.8 Å². The SMILES string of the molecule is CCN(CC)c1ccc2c(C)c(CCOC(=O)NCc3cccc(C(=O)O)c3)c(=O)oc2c1. The van der Waals surface area contributed by atoms with E-state index in [4.69, 9.17) is 14.3 Å². The maximum Gasteiger partial charge on any atom is 0.407 e. The maximum absolute atomic E-state index is 12.6. The Morgan fingerprint density at radius 3 is 2.58 bits per heavy atom. The minimum Gasteiger partial charge on any atom is -0.478 e. The predicted molar refractivity (Wildman–Crippen MR) is 126 cm³/mol. The van der Waals surface area contributed by atoms with Crippen LogP contribution in [0.5, 0.6) is 0 Å². The van der Waals surface area contributed by atoms with Crippen molar-refractivity contribution in [2.45, 2.75) is 33.7 Å². The molecular weight excluding hydrogens is 424 g/mol. The van der Waals surface area contributed by atoms with Gasteiger partial charge in [-0.15, -0.1) is 0 Å². The van der Waals surface area contributed by atoms with E-state index in [1.165, 1.54) is 12.1 Å². The largest absolute Gasteiger partial charge is 0.478 e. The second kappa shape index (κ2) is 10.7. The summed E-state index contributed by atoms with van der Waals surface area (Å²) in [7, 11) is 0. The molecule has 1 heterocycles. The number of hydrogen-bond donors (Lipinski definition) is 2. The summed E-state index contributed by atoms with van der Waals surface area (Å²) in [5, 5.41) is 12.5. The van der Waals surface area contributed by atoms with E-state index in [0.717, 1.165) is 29.7 Å². The van der Waals surface area contributed by atoms with Crippen molar-refractivity contribution in [1.82, 2.24) is 5.32 Å². The van der Waals surface area contributed by atoms with Gasteiger partial charge in [-0.05, 0) is 56.2 Å². The van der Waals surface area contributed by atoms with E-state index in [1.54, 1.807) is 12.1 Å². The number of aryl methyl sites for hydroxylation is 1. The summed E-state index contributed by atoms with van der Waals surface area (Å²) < 4.78 is 10.8. The lowest BCUT2D eigenvalue weighted by molar-refractivity contribution is 0.0696. The number of carboxylic acid groups (broad SMARTS) is 1. The Morgan fingerprint density at radius 2 is 1.88 bits per heavy atom. The van der Waals surface area contributed by atoms with Crippen LogP contribution >= 0.6 is 0 Å².